The van der Waals surface area contributed by atoms with Gasteiger partial charge in [0.1, 0.15) is 13.2 Å². The summed E-state index contributed by atoms with van der Waals surface area (Å²) >= 11 is 0. The molecule has 0 saturated heterocycles. The molecule has 0 rings (SSSR count). The van der Waals surface area contributed by atoms with E-state index >= 15 is 0 Å². The highest BCUT2D eigenvalue weighted by Gasteiger charge is 2.42. The number of carbonyl (C=O) groups is 2. The summed E-state index contributed by atoms with van der Waals surface area (Å²) in [5, 5.41) is 0. The van der Waals surface area contributed by atoms with Gasteiger partial charge in [0.25, 0.3) is 0 Å². The molecule has 0 saturated carbocycles. The number of esters is 2. The van der Waals surface area contributed by atoms with Gasteiger partial charge in [0.2, 0.25) is 0 Å². The standard InChI is InChI=1S/C12H19F3O4/c1-10(2,3)11(4,5)8(16)18-6-7-19-9(17)12(13,14)15/h6-7H2,1-5H3. The van der Waals surface area contributed by atoms with Crippen LogP contribution in [0.1, 0.15) is 34.6 Å². The van der Waals surface area contributed by atoms with Gasteiger partial charge in [0.15, 0.2) is 0 Å². The van der Waals surface area contributed by atoms with Crippen molar-refractivity contribution in [3.05, 3.63) is 0 Å². The summed E-state index contributed by atoms with van der Waals surface area (Å²) in [5.41, 5.74) is -1.17. The molecule has 0 N–H and O–H groups in total. The minimum atomic E-state index is -5.03. The van der Waals surface area contributed by atoms with Crippen LogP contribution in [-0.4, -0.2) is 31.3 Å². The van der Waals surface area contributed by atoms with Crippen LogP contribution in [0, 0.1) is 10.8 Å². The van der Waals surface area contributed by atoms with Crippen molar-refractivity contribution in [3.8, 4) is 0 Å². The molecule has 0 heterocycles. The van der Waals surface area contributed by atoms with E-state index in [0.29, 0.717) is 0 Å². The van der Waals surface area contributed by atoms with Crippen LogP contribution in [0.15, 0.2) is 0 Å². The Kier molecular flexibility index (Phi) is 5.41. The summed E-state index contributed by atoms with van der Waals surface area (Å²) in [6.45, 7) is 7.87. The van der Waals surface area contributed by atoms with E-state index in [2.05, 4.69) is 4.74 Å². The van der Waals surface area contributed by atoms with Crippen LogP contribution in [0.25, 0.3) is 0 Å². The maximum Gasteiger partial charge on any atom is 0.490 e. The molecule has 0 bridgehead atoms. The minimum Gasteiger partial charge on any atom is -0.462 e. The molecule has 0 aliphatic heterocycles. The molecule has 4 nitrogen and oxygen atoms in total. The van der Waals surface area contributed by atoms with E-state index in [4.69, 9.17) is 4.74 Å². The molecule has 112 valence electrons. The van der Waals surface area contributed by atoms with E-state index in [1.807, 2.05) is 20.8 Å². The summed E-state index contributed by atoms with van der Waals surface area (Å²) < 4.78 is 44.1. The van der Waals surface area contributed by atoms with Gasteiger partial charge in [0.05, 0.1) is 5.41 Å². The molecule has 0 aromatic rings. The largest absolute Gasteiger partial charge is 0.490 e. The Hall–Kier alpha value is -1.27. The summed E-state index contributed by atoms with van der Waals surface area (Å²) in [4.78, 5) is 22.1. The van der Waals surface area contributed by atoms with Gasteiger partial charge in [-0.2, -0.15) is 13.2 Å². The first kappa shape index (κ1) is 17.7. The van der Waals surface area contributed by atoms with Crippen LogP contribution in [-0.2, 0) is 19.1 Å². The first-order valence-corrected chi connectivity index (χ1v) is 5.71. The predicted octanol–water partition coefficient (Wildman–Crippen LogP) is 2.71. The van der Waals surface area contributed by atoms with Crippen molar-refractivity contribution in [1.29, 1.82) is 0 Å². The van der Waals surface area contributed by atoms with Crippen LogP contribution in [0.2, 0.25) is 0 Å². The summed E-state index contributed by atoms with van der Waals surface area (Å²) in [5.74, 6) is -2.85. The van der Waals surface area contributed by atoms with Crippen molar-refractivity contribution in [2.45, 2.75) is 40.8 Å². The molecule has 0 atom stereocenters. The Morgan fingerprint density at radius 2 is 1.21 bits per heavy atom. The van der Waals surface area contributed by atoms with E-state index in [9.17, 15) is 22.8 Å². The van der Waals surface area contributed by atoms with Gasteiger partial charge in [-0.15, -0.1) is 0 Å². The normalized spacial score (nSPS) is 13.1. The molecule has 0 fully saturated rings. The first-order chi connectivity index (χ1) is 8.30. The molecule has 0 aromatic heterocycles. The maximum absolute atomic E-state index is 11.8. The lowest BCUT2D eigenvalue weighted by Crippen LogP contribution is -2.39. The second-order valence-corrected chi connectivity index (χ2v) is 5.64. The highest BCUT2D eigenvalue weighted by atomic mass is 19.4. The van der Waals surface area contributed by atoms with Gasteiger partial charge in [0, 0.05) is 0 Å². The van der Waals surface area contributed by atoms with E-state index in [-0.39, 0.29) is 5.41 Å². The van der Waals surface area contributed by atoms with E-state index in [1.165, 1.54) is 0 Å². The lowest BCUT2D eigenvalue weighted by Gasteiger charge is -2.36. The minimum absolute atomic E-state index is 0.368. The van der Waals surface area contributed by atoms with Gasteiger partial charge < -0.3 is 9.47 Å². The van der Waals surface area contributed by atoms with Crippen molar-refractivity contribution >= 4 is 11.9 Å². The Bertz CT molecular complexity index is 340. The van der Waals surface area contributed by atoms with Crippen LogP contribution >= 0.6 is 0 Å². The van der Waals surface area contributed by atoms with Crippen molar-refractivity contribution in [2.24, 2.45) is 10.8 Å². The highest BCUT2D eigenvalue weighted by Crippen LogP contribution is 2.38. The fourth-order valence-electron chi connectivity index (χ4n) is 0.837. The lowest BCUT2D eigenvalue weighted by molar-refractivity contribution is -0.201. The molecule has 0 unspecified atom stereocenters. The van der Waals surface area contributed by atoms with Crippen LogP contribution in [0.5, 0.6) is 0 Å². The number of alkyl halides is 3. The van der Waals surface area contributed by atoms with Gasteiger partial charge in [-0.1, -0.05) is 20.8 Å². The van der Waals surface area contributed by atoms with E-state index < -0.39 is 36.7 Å². The molecule has 0 radical (unpaired) electrons. The zero-order valence-corrected chi connectivity index (χ0v) is 11.7. The third-order valence-corrected chi connectivity index (χ3v) is 3.17. The second kappa shape index (κ2) is 5.79. The zero-order valence-electron chi connectivity index (χ0n) is 11.7. The van der Waals surface area contributed by atoms with E-state index in [0.717, 1.165) is 0 Å². The SMILES string of the molecule is CC(C)(C)C(C)(C)C(=O)OCCOC(=O)C(F)(F)F. The zero-order chi connectivity index (χ0) is 15.5. The van der Waals surface area contributed by atoms with E-state index in [1.54, 1.807) is 13.8 Å². The molecule has 0 aliphatic carbocycles. The van der Waals surface area contributed by atoms with Gasteiger partial charge in [-0.3, -0.25) is 4.79 Å². The molecule has 0 aliphatic rings. The van der Waals surface area contributed by atoms with Crippen molar-refractivity contribution in [3.63, 3.8) is 0 Å². The molecular weight excluding hydrogens is 265 g/mol. The van der Waals surface area contributed by atoms with Crippen molar-refractivity contribution in [2.75, 3.05) is 13.2 Å². The molecule has 0 spiro atoms. The quantitative estimate of drug-likeness (QED) is 0.588. The molecule has 7 heteroatoms. The predicted molar refractivity (Wildman–Crippen MR) is 61.2 cm³/mol. The molecular formula is C12H19F3O4. The van der Waals surface area contributed by atoms with Gasteiger partial charge >= 0.3 is 18.1 Å². The third-order valence-electron chi connectivity index (χ3n) is 3.17. The Morgan fingerprint density at radius 1 is 0.842 bits per heavy atom. The molecule has 0 aromatic carbocycles. The molecule has 0 amide bonds. The topological polar surface area (TPSA) is 52.6 Å². The summed E-state index contributed by atoms with van der Waals surface area (Å²) in [6.07, 6.45) is -5.03. The number of ether oxygens (including phenoxy) is 2. The average molecular weight is 284 g/mol. The second-order valence-electron chi connectivity index (χ2n) is 5.64. The Morgan fingerprint density at radius 3 is 1.53 bits per heavy atom. The third kappa shape index (κ3) is 5.08. The first-order valence-electron chi connectivity index (χ1n) is 5.71. The van der Waals surface area contributed by atoms with Crippen LogP contribution in [0.3, 0.4) is 0 Å². The summed E-state index contributed by atoms with van der Waals surface area (Å²) in [6, 6.07) is 0. The van der Waals surface area contributed by atoms with Gasteiger partial charge in [-0.25, -0.2) is 4.79 Å². The fraction of sp³-hybridized carbons (Fsp3) is 0.833. The Balaban J connectivity index is 4.18. The average Bonchev–Trinajstić information content (AvgIpc) is 2.20. The van der Waals surface area contributed by atoms with Gasteiger partial charge in [-0.05, 0) is 19.3 Å². The number of hydrogen-bond donors (Lipinski definition) is 0. The van der Waals surface area contributed by atoms with Crippen LogP contribution < -0.4 is 0 Å². The number of rotatable bonds is 4. The monoisotopic (exact) mass is 284 g/mol. The molecule has 19 heavy (non-hydrogen) atoms. The number of halogens is 3. The Labute approximate surface area is 110 Å². The fourth-order valence-corrected chi connectivity index (χ4v) is 0.837. The maximum atomic E-state index is 11.8. The van der Waals surface area contributed by atoms with Crippen LogP contribution in [0.4, 0.5) is 13.2 Å². The number of carbonyl (C=O) groups excluding carboxylic acids is 2. The smallest absolute Gasteiger partial charge is 0.462 e. The number of hydrogen-bond acceptors (Lipinski definition) is 4. The van der Waals surface area contributed by atoms with Crippen molar-refractivity contribution < 1.29 is 32.2 Å². The highest BCUT2D eigenvalue weighted by molar-refractivity contribution is 5.77. The summed E-state index contributed by atoms with van der Waals surface area (Å²) in [7, 11) is 0. The lowest BCUT2D eigenvalue weighted by atomic mass is 9.69. The van der Waals surface area contributed by atoms with Crippen molar-refractivity contribution in [1.82, 2.24) is 0 Å².